The first-order valence-electron chi connectivity index (χ1n) is 11.2. The van der Waals surface area contributed by atoms with E-state index in [1.165, 1.54) is 57.9 Å². The molecule has 0 bridgehead atoms. The average Bonchev–Trinajstić information content (AvgIpc) is 2.87. The number of benzene rings is 2. The Morgan fingerprint density at radius 2 is 1.71 bits per heavy atom. The summed E-state index contributed by atoms with van der Waals surface area (Å²) in [6.45, 7) is 0.111. The number of amides is 1. The van der Waals surface area contributed by atoms with Crippen LogP contribution >= 0.6 is 0 Å². The maximum atomic E-state index is 13.6. The summed E-state index contributed by atoms with van der Waals surface area (Å²) in [5.41, 5.74) is 1.69. The Kier molecular flexibility index (Phi) is 8.81. The highest BCUT2D eigenvalue weighted by Gasteiger charge is 2.28. The first-order chi connectivity index (χ1) is 16.4. The Morgan fingerprint density at radius 1 is 0.971 bits per heavy atom. The second-order valence-corrected chi connectivity index (χ2v) is 9.80. The quantitative estimate of drug-likeness (QED) is 0.482. The third-order valence-corrected chi connectivity index (χ3v) is 7.51. The minimum Gasteiger partial charge on any atom is -0.497 e. The molecule has 1 amide bonds. The number of anilines is 1. The average molecular weight is 489 g/mol. The number of nitrogens with one attached hydrogen (secondary N) is 1. The van der Waals surface area contributed by atoms with Crippen molar-refractivity contribution in [2.24, 2.45) is 0 Å². The molecule has 1 N–H and O–H groups in total. The predicted molar refractivity (Wildman–Crippen MR) is 131 cm³/mol. The fraction of sp³-hybridized carbons (Fsp3) is 0.400. The van der Waals surface area contributed by atoms with Crippen LogP contribution in [0.15, 0.2) is 59.0 Å². The Hall–Kier alpha value is -3.20. The number of rotatable bonds is 11. The molecule has 0 heterocycles. The Labute approximate surface area is 201 Å². The number of allylic oxidation sites excluding steroid dienone is 1. The van der Waals surface area contributed by atoms with Crippen molar-refractivity contribution < 1.29 is 27.4 Å². The highest BCUT2D eigenvalue weighted by molar-refractivity contribution is 7.92. The zero-order valence-corrected chi connectivity index (χ0v) is 20.7. The summed E-state index contributed by atoms with van der Waals surface area (Å²) in [5, 5.41) is 2.86. The van der Waals surface area contributed by atoms with Gasteiger partial charge < -0.3 is 19.5 Å². The van der Waals surface area contributed by atoms with Gasteiger partial charge in [-0.15, -0.1) is 0 Å². The highest BCUT2D eigenvalue weighted by atomic mass is 32.2. The van der Waals surface area contributed by atoms with Crippen molar-refractivity contribution in [2.75, 3.05) is 38.7 Å². The van der Waals surface area contributed by atoms with Gasteiger partial charge in [-0.05, 0) is 68.5 Å². The molecule has 0 fully saturated rings. The fourth-order valence-corrected chi connectivity index (χ4v) is 5.29. The van der Waals surface area contributed by atoms with E-state index in [0.29, 0.717) is 23.7 Å². The first kappa shape index (κ1) is 25.4. The van der Waals surface area contributed by atoms with Gasteiger partial charge in [0.05, 0.1) is 31.9 Å². The van der Waals surface area contributed by atoms with E-state index in [1.807, 2.05) is 0 Å². The van der Waals surface area contributed by atoms with Gasteiger partial charge >= 0.3 is 0 Å². The monoisotopic (exact) mass is 488 g/mol. The summed E-state index contributed by atoms with van der Waals surface area (Å²) in [6, 6.07) is 10.9. The van der Waals surface area contributed by atoms with Crippen LogP contribution in [0.25, 0.3) is 0 Å². The molecule has 0 saturated heterocycles. The van der Waals surface area contributed by atoms with Crippen LogP contribution in [-0.2, 0) is 14.8 Å². The first-order valence-corrected chi connectivity index (χ1v) is 12.7. The van der Waals surface area contributed by atoms with Crippen LogP contribution in [0, 0.1) is 0 Å². The molecule has 34 heavy (non-hydrogen) atoms. The number of carbonyl (C=O) groups is 1. The molecule has 1 aliphatic carbocycles. The van der Waals surface area contributed by atoms with E-state index in [4.69, 9.17) is 14.2 Å². The molecule has 0 spiro atoms. The van der Waals surface area contributed by atoms with Crippen LogP contribution in [0.3, 0.4) is 0 Å². The van der Waals surface area contributed by atoms with Crippen molar-refractivity contribution in [3.8, 4) is 17.2 Å². The molecule has 0 aromatic heterocycles. The van der Waals surface area contributed by atoms with Crippen LogP contribution in [0.4, 0.5) is 5.69 Å². The lowest BCUT2D eigenvalue weighted by molar-refractivity contribution is -0.119. The summed E-state index contributed by atoms with van der Waals surface area (Å²) >= 11 is 0. The number of nitrogens with zero attached hydrogens (tertiary/aromatic N) is 1. The molecule has 2 aromatic rings. The number of ether oxygens (including phenoxy) is 3. The van der Waals surface area contributed by atoms with E-state index >= 15 is 0 Å². The van der Waals surface area contributed by atoms with Gasteiger partial charge in [-0.1, -0.05) is 11.6 Å². The summed E-state index contributed by atoms with van der Waals surface area (Å²) in [5.74, 6) is 0.893. The fourth-order valence-electron chi connectivity index (χ4n) is 3.85. The van der Waals surface area contributed by atoms with Gasteiger partial charge in [-0.3, -0.25) is 9.10 Å². The lowest BCUT2D eigenvalue weighted by Gasteiger charge is -2.25. The molecule has 2 aromatic carbocycles. The van der Waals surface area contributed by atoms with Gasteiger partial charge in [-0.25, -0.2) is 8.42 Å². The SMILES string of the molecule is COc1ccc(N(CC(=O)NCCC2=CCCCC2)S(=O)(=O)c2ccc(OC)c(OC)c2)cc1. The lowest BCUT2D eigenvalue weighted by atomic mass is 9.97. The van der Waals surface area contributed by atoms with E-state index < -0.39 is 10.0 Å². The molecule has 1 aliphatic rings. The molecule has 0 radical (unpaired) electrons. The molecule has 0 unspecified atom stereocenters. The van der Waals surface area contributed by atoms with Gasteiger partial charge in [0, 0.05) is 12.6 Å². The van der Waals surface area contributed by atoms with Crippen LogP contribution in [0.2, 0.25) is 0 Å². The standard InChI is InChI=1S/C25H32N2O6S/c1-31-21-11-9-20(10-12-21)27(18-25(28)26-16-15-19-7-5-4-6-8-19)34(29,30)22-13-14-23(32-2)24(17-22)33-3/h7,9-14,17H,4-6,8,15-16,18H2,1-3H3,(H,26,28). The minimum atomic E-state index is -4.09. The van der Waals surface area contributed by atoms with Crippen molar-refractivity contribution in [1.82, 2.24) is 5.32 Å². The van der Waals surface area contributed by atoms with Crippen molar-refractivity contribution in [3.05, 3.63) is 54.1 Å². The molecule has 0 aliphatic heterocycles. The third kappa shape index (κ3) is 6.22. The summed E-state index contributed by atoms with van der Waals surface area (Å²) in [6.07, 6.45) is 7.53. The lowest BCUT2D eigenvalue weighted by Crippen LogP contribution is -2.41. The van der Waals surface area contributed by atoms with Crippen LogP contribution in [-0.4, -0.2) is 48.7 Å². The van der Waals surface area contributed by atoms with Crippen molar-refractivity contribution in [3.63, 3.8) is 0 Å². The minimum absolute atomic E-state index is 0.0128. The Bertz CT molecular complexity index is 1110. The third-order valence-electron chi connectivity index (χ3n) is 5.74. The number of methoxy groups -OCH3 is 3. The molecular formula is C25H32N2O6S. The van der Waals surface area contributed by atoms with Gasteiger partial charge in [0.25, 0.3) is 10.0 Å². The number of hydrogen-bond acceptors (Lipinski definition) is 6. The zero-order chi connectivity index (χ0) is 24.6. The highest BCUT2D eigenvalue weighted by Crippen LogP contribution is 2.32. The Balaban J connectivity index is 1.84. The van der Waals surface area contributed by atoms with E-state index in [0.717, 1.165) is 23.6 Å². The van der Waals surface area contributed by atoms with E-state index in [2.05, 4.69) is 11.4 Å². The van der Waals surface area contributed by atoms with Gasteiger partial charge in [-0.2, -0.15) is 0 Å². The molecule has 0 atom stereocenters. The zero-order valence-electron chi connectivity index (χ0n) is 19.9. The normalized spacial score (nSPS) is 13.6. The smallest absolute Gasteiger partial charge is 0.264 e. The van der Waals surface area contributed by atoms with Crippen LogP contribution < -0.4 is 23.8 Å². The maximum absolute atomic E-state index is 13.6. The van der Waals surface area contributed by atoms with Crippen molar-refractivity contribution >= 4 is 21.6 Å². The summed E-state index contributed by atoms with van der Waals surface area (Å²) in [7, 11) is 0.354. The topological polar surface area (TPSA) is 94.2 Å². The van der Waals surface area contributed by atoms with E-state index in [-0.39, 0.29) is 23.1 Å². The number of carbonyl (C=O) groups excluding carboxylic acids is 1. The Morgan fingerprint density at radius 3 is 2.32 bits per heavy atom. The van der Waals surface area contributed by atoms with E-state index in [1.54, 1.807) is 24.3 Å². The second-order valence-electron chi connectivity index (χ2n) is 7.93. The molecule has 9 heteroatoms. The summed E-state index contributed by atoms with van der Waals surface area (Å²) < 4.78 is 44.0. The number of sulfonamides is 1. The van der Waals surface area contributed by atoms with Gasteiger partial charge in [0.2, 0.25) is 5.91 Å². The largest absolute Gasteiger partial charge is 0.497 e. The summed E-state index contributed by atoms with van der Waals surface area (Å²) in [4.78, 5) is 12.8. The second kappa shape index (κ2) is 11.8. The van der Waals surface area contributed by atoms with Crippen molar-refractivity contribution in [1.29, 1.82) is 0 Å². The van der Waals surface area contributed by atoms with Crippen LogP contribution in [0.1, 0.15) is 32.1 Å². The van der Waals surface area contributed by atoms with Crippen molar-refractivity contribution in [2.45, 2.75) is 37.0 Å². The van der Waals surface area contributed by atoms with Gasteiger partial charge in [0.1, 0.15) is 12.3 Å². The number of hydrogen-bond donors (Lipinski definition) is 1. The predicted octanol–water partition coefficient (Wildman–Crippen LogP) is 3.91. The molecule has 3 rings (SSSR count). The molecule has 184 valence electrons. The molecular weight excluding hydrogens is 456 g/mol. The van der Waals surface area contributed by atoms with Gasteiger partial charge in [0.15, 0.2) is 11.5 Å². The van der Waals surface area contributed by atoms with Crippen LogP contribution in [0.5, 0.6) is 17.2 Å². The molecule has 0 saturated carbocycles. The molecule has 8 nitrogen and oxygen atoms in total. The maximum Gasteiger partial charge on any atom is 0.264 e. The van der Waals surface area contributed by atoms with E-state index in [9.17, 15) is 13.2 Å².